The van der Waals surface area contributed by atoms with E-state index >= 15 is 0 Å². The molecule has 7 amide bonds. The molecule has 0 aromatic heterocycles. The van der Waals surface area contributed by atoms with Gasteiger partial charge in [-0.2, -0.15) is 5.01 Å². The first kappa shape index (κ1) is 22.8. The molecule has 3 atom stereocenters. The maximum Gasteiger partial charge on any atom is 0.344 e. The van der Waals surface area contributed by atoms with E-state index in [-0.39, 0.29) is 5.92 Å². The van der Waals surface area contributed by atoms with Crippen molar-refractivity contribution in [3.05, 3.63) is 35.9 Å². The van der Waals surface area contributed by atoms with Crippen LogP contribution in [0.3, 0.4) is 0 Å². The predicted octanol–water partition coefficient (Wildman–Crippen LogP) is 1.46. The van der Waals surface area contributed by atoms with E-state index in [0.29, 0.717) is 24.3 Å². The third-order valence-corrected chi connectivity index (χ3v) is 7.06. The van der Waals surface area contributed by atoms with Crippen LogP contribution in [-0.4, -0.2) is 57.3 Å². The van der Waals surface area contributed by atoms with Crippen LogP contribution in [0.1, 0.15) is 51.5 Å². The summed E-state index contributed by atoms with van der Waals surface area (Å²) in [7, 11) is 0. The van der Waals surface area contributed by atoms with Gasteiger partial charge in [-0.15, -0.1) is 0 Å². The summed E-state index contributed by atoms with van der Waals surface area (Å²) in [6, 6.07) is 8.17. The Morgan fingerprint density at radius 3 is 2.48 bits per heavy atom. The summed E-state index contributed by atoms with van der Waals surface area (Å²) in [5.74, 6) is -1.85. The highest BCUT2D eigenvalue weighted by Crippen LogP contribution is 2.38. The Labute approximate surface area is 192 Å². The van der Waals surface area contributed by atoms with E-state index in [0.717, 1.165) is 29.7 Å². The Hall–Kier alpha value is -3.43. The first-order valence-electron chi connectivity index (χ1n) is 11.3. The van der Waals surface area contributed by atoms with Crippen LogP contribution in [0.25, 0.3) is 0 Å². The van der Waals surface area contributed by atoms with E-state index in [4.69, 9.17) is 0 Å². The third-order valence-electron chi connectivity index (χ3n) is 7.06. The lowest BCUT2D eigenvalue weighted by molar-refractivity contribution is -0.141. The van der Waals surface area contributed by atoms with Crippen molar-refractivity contribution in [2.75, 3.05) is 6.54 Å². The van der Waals surface area contributed by atoms with Gasteiger partial charge in [0.25, 0.3) is 17.7 Å². The number of hydrogen-bond donors (Lipinski definition) is 3. The number of imide groups is 2. The number of rotatable bonds is 6. The van der Waals surface area contributed by atoms with Gasteiger partial charge in [0.05, 0.1) is 0 Å². The molecule has 1 saturated carbocycles. The van der Waals surface area contributed by atoms with Gasteiger partial charge in [0.1, 0.15) is 17.6 Å². The monoisotopic (exact) mass is 455 g/mol. The van der Waals surface area contributed by atoms with Crippen molar-refractivity contribution in [3.8, 4) is 0 Å². The number of nitrogens with one attached hydrogen (secondary N) is 3. The topological polar surface area (TPSA) is 128 Å². The molecule has 1 aromatic carbocycles. The molecule has 1 aromatic rings. The number of carbonyl (C=O) groups excluding carboxylic acids is 5. The molecule has 1 spiro atoms. The number of amides is 7. The number of benzene rings is 1. The highest BCUT2D eigenvalue weighted by atomic mass is 16.2. The molecular formula is C23H29N5O5. The minimum atomic E-state index is -1.18. The van der Waals surface area contributed by atoms with Crippen molar-refractivity contribution < 1.29 is 24.0 Å². The number of aryl methyl sites for hydroxylation is 1. The lowest BCUT2D eigenvalue weighted by Gasteiger charge is -2.36. The van der Waals surface area contributed by atoms with Crippen LogP contribution in [0, 0.1) is 5.92 Å². The normalized spacial score (nSPS) is 29.5. The minimum absolute atomic E-state index is 0.0352. The molecule has 3 N–H and O–H groups in total. The van der Waals surface area contributed by atoms with Crippen LogP contribution in [-0.2, 0) is 20.8 Å². The smallest absolute Gasteiger partial charge is 0.323 e. The summed E-state index contributed by atoms with van der Waals surface area (Å²) >= 11 is 0. The zero-order chi connectivity index (χ0) is 23.8. The molecule has 0 unspecified atom stereocenters. The van der Waals surface area contributed by atoms with Crippen LogP contribution in [0.2, 0.25) is 0 Å². The van der Waals surface area contributed by atoms with Gasteiger partial charge in [-0.05, 0) is 44.1 Å². The molecule has 176 valence electrons. The van der Waals surface area contributed by atoms with Gasteiger partial charge in [-0.25, -0.2) is 9.59 Å². The summed E-state index contributed by atoms with van der Waals surface area (Å²) in [6.07, 6.45) is 4.07. The van der Waals surface area contributed by atoms with Crippen LogP contribution in [0.5, 0.6) is 0 Å². The first-order valence-corrected chi connectivity index (χ1v) is 11.3. The largest absolute Gasteiger partial charge is 0.344 e. The standard InChI is InChI=1S/C23H29N5O5/c1-15-8-6-7-12-23(15)19(31)27(20(32)25-23)14-17(29)26-28-18(30)22(2,24-21(28)33)13-11-16-9-4-3-5-10-16/h3-5,9-10,15H,6-8,11-14H2,1-2H3,(H,24,33)(H,25,32)(H,26,29)/t15-,22-,23+/m1/s1. The second-order valence-corrected chi connectivity index (χ2v) is 9.36. The fraction of sp³-hybridized carbons (Fsp3) is 0.522. The molecule has 3 aliphatic rings. The molecular weight excluding hydrogens is 426 g/mol. The first-order chi connectivity index (χ1) is 15.7. The molecule has 3 fully saturated rings. The number of hydrazine groups is 1. The molecule has 2 aliphatic heterocycles. The van der Waals surface area contributed by atoms with E-state index in [1.54, 1.807) is 6.92 Å². The van der Waals surface area contributed by atoms with E-state index in [9.17, 15) is 24.0 Å². The number of carbonyl (C=O) groups is 5. The molecule has 10 nitrogen and oxygen atoms in total. The molecule has 10 heteroatoms. The molecule has 2 saturated heterocycles. The lowest BCUT2D eigenvalue weighted by atomic mass is 9.73. The summed E-state index contributed by atoms with van der Waals surface area (Å²) in [6.45, 7) is 2.95. The molecule has 1 aliphatic carbocycles. The van der Waals surface area contributed by atoms with Crippen LogP contribution < -0.4 is 16.1 Å². The SMILES string of the molecule is C[C@@H]1CCCC[C@]12NC(=O)N(CC(=O)NN1C(=O)N[C@](C)(CCc3ccccc3)C1=O)C2=O. The summed E-state index contributed by atoms with van der Waals surface area (Å²) in [4.78, 5) is 64.3. The van der Waals surface area contributed by atoms with Gasteiger partial charge in [0, 0.05) is 0 Å². The van der Waals surface area contributed by atoms with Crippen molar-refractivity contribution in [2.45, 2.75) is 63.5 Å². The average Bonchev–Trinajstić information content (AvgIpc) is 3.15. The van der Waals surface area contributed by atoms with Crippen molar-refractivity contribution >= 4 is 29.8 Å². The Morgan fingerprint density at radius 1 is 1.06 bits per heavy atom. The Morgan fingerprint density at radius 2 is 1.79 bits per heavy atom. The summed E-state index contributed by atoms with van der Waals surface area (Å²) in [5, 5.41) is 6.04. The van der Waals surface area contributed by atoms with Gasteiger partial charge < -0.3 is 10.6 Å². The summed E-state index contributed by atoms with van der Waals surface area (Å²) < 4.78 is 0. The predicted molar refractivity (Wildman–Crippen MR) is 117 cm³/mol. The maximum atomic E-state index is 13.0. The van der Waals surface area contributed by atoms with Crippen molar-refractivity contribution in [2.24, 2.45) is 5.92 Å². The second-order valence-electron chi connectivity index (χ2n) is 9.36. The van der Waals surface area contributed by atoms with Crippen molar-refractivity contribution in [1.29, 1.82) is 0 Å². The summed E-state index contributed by atoms with van der Waals surface area (Å²) in [5.41, 5.74) is 1.12. The second kappa shape index (κ2) is 8.49. The maximum absolute atomic E-state index is 13.0. The Balaban J connectivity index is 1.38. The molecule has 0 radical (unpaired) electrons. The lowest BCUT2D eigenvalue weighted by Crippen LogP contribution is -2.55. The Bertz CT molecular complexity index is 998. The van der Waals surface area contributed by atoms with E-state index in [2.05, 4.69) is 16.1 Å². The number of nitrogens with zero attached hydrogens (tertiary/aromatic N) is 2. The fourth-order valence-corrected chi connectivity index (χ4v) is 4.94. The van der Waals surface area contributed by atoms with Crippen molar-refractivity contribution in [3.63, 3.8) is 0 Å². The number of hydrogen-bond acceptors (Lipinski definition) is 5. The van der Waals surface area contributed by atoms with Gasteiger partial charge in [-0.3, -0.25) is 24.7 Å². The molecule has 33 heavy (non-hydrogen) atoms. The average molecular weight is 456 g/mol. The van der Waals surface area contributed by atoms with E-state index in [1.165, 1.54) is 0 Å². The molecule has 4 rings (SSSR count). The Kier molecular flexibility index (Phi) is 5.85. The van der Waals surface area contributed by atoms with Gasteiger partial charge in [0.2, 0.25) is 0 Å². The van der Waals surface area contributed by atoms with E-state index < -0.39 is 47.4 Å². The quantitative estimate of drug-likeness (QED) is 0.560. The van der Waals surface area contributed by atoms with Crippen LogP contribution in [0.4, 0.5) is 9.59 Å². The zero-order valence-electron chi connectivity index (χ0n) is 18.8. The fourth-order valence-electron chi connectivity index (χ4n) is 4.94. The van der Waals surface area contributed by atoms with Crippen LogP contribution >= 0.6 is 0 Å². The molecule has 0 bridgehead atoms. The van der Waals surface area contributed by atoms with Crippen molar-refractivity contribution in [1.82, 2.24) is 26.0 Å². The highest BCUT2D eigenvalue weighted by Gasteiger charge is 2.55. The van der Waals surface area contributed by atoms with Gasteiger partial charge in [0.15, 0.2) is 0 Å². The minimum Gasteiger partial charge on any atom is -0.323 e. The zero-order valence-corrected chi connectivity index (χ0v) is 18.8. The van der Waals surface area contributed by atoms with E-state index in [1.807, 2.05) is 37.3 Å². The van der Waals surface area contributed by atoms with Gasteiger partial charge >= 0.3 is 12.1 Å². The number of urea groups is 2. The van der Waals surface area contributed by atoms with Crippen LogP contribution in [0.15, 0.2) is 30.3 Å². The highest BCUT2D eigenvalue weighted by molar-refractivity contribution is 6.10. The van der Waals surface area contributed by atoms with Gasteiger partial charge in [-0.1, -0.05) is 50.1 Å². The third kappa shape index (κ3) is 4.05. The molecule has 2 heterocycles.